The lowest BCUT2D eigenvalue weighted by atomic mass is 10.2. The number of halogens is 1. The van der Waals surface area contributed by atoms with Crippen LogP contribution in [-0.4, -0.2) is 35.9 Å². The summed E-state index contributed by atoms with van der Waals surface area (Å²) in [4.78, 5) is 23.3. The molecule has 1 N–H and O–H groups in total. The Morgan fingerprint density at radius 2 is 2.08 bits per heavy atom. The highest BCUT2D eigenvalue weighted by molar-refractivity contribution is 5.99. The SMILES string of the molecule is COC(=O)/C=C(/Nc1cc(F)ccc1OCc1cnn(C)c1)C(=O)OC. The van der Waals surface area contributed by atoms with Gasteiger partial charge in [0.2, 0.25) is 0 Å². The third-order valence-electron chi connectivity index (χ3n) is 3.23. The first-order valence-electron chi connectivity index (χ1n) is 7.47. The van der Waals surface area contributed by atoms with E-state index in [-0.39, 0.29) is 23.7 Å². The number of nitrogens with zero attached hydrogens (tertiary/aromatic N) is 2. The predicted molar refractivity (Wildman–Crippen MR) is 89.7 cm³/mol. The highest BCUT2D eigenvalue weighted by atomic mass is 19.1. The van der Waals surface area contributed by atoms with Gasteiger partial charge in [-0.2, -0.15) is 5.10 Å². The van der Waals surface area contributed by atoms with Crippen molar-refractivity contribution < 1.29 is 28.2 Å². The normalized spacial score (nSPS) is 11.0. The van der Waals surface area contributed by atoms with Crippen molar-refractivity contribution in [3.63, 3.8) is 0 Å². The summed E-state index contributed by atoms with van der Waals surface area (Å²) in [6.07, 6.45) is 4.31. The van der Waals surface area contributed by atoms with E-state index in [1.165, 1.54) is 19.2 Å². The topological polar surface area (TPSA) is 91.7 Å². The Kier molecular flexibility index (Phi) is 6.31. The van der Waals surface area contributed by atoms with Gasteiger partial charge in [0.25, 0.3) is 0 Å². The molecule has 0 saturated carbocycles. The fourth-order valence-corrected chi connectivity index (χ4v) is 2.01. The monoisotopic (exact) mass is 363 g/mol. The van der Waals surface area contributed by atoms with Gasteiger partial charge in [-0.1, -0.05) is 0 Å². The zero-order valence-corrected chi connectivity index (χ0v) is 14.5. The number of aryl methyl sites for hydroxylation is 1. The second kappa shape index (κ2) is 8.65. The minimum absolute atomic E-state index is 0.148. The Morgan fingerprint density at radius 1 is 1.31 bits per heavy atom. The number of aromatic nitrogens is 2. The second-order valence-electron chi connectivity index (χ2n) is 5.15. The van der Waals surface area contributed by atoms with Crippen LogP contribution in [0.1, 0.15) is 5.56 Å². The lowest BCUT2D eigenvalue weighted by Gasteiger charge is -2.14. The van der Waals surface area contributed by atoms with Crippen LogP contribution in [0.15, 0.2) is 42.4 Å². The summed E-state index contributed by atoms with van der Waals surface area (Å²) in [7, 11) is 4.09. The van der Waals surface area contributed by atoms with Crippen molar-refractivity contribution in [2.45, 2.75) is 6.61 Å². The highest BCUT2D eigenvalue weighted by Crippen LogP contribution is 2.27. The summed E-state index contributed by atoms with van der Waals surface area (Å²) in [5.74, 6) is -1.87. The molecule has 1 aromatic carbocycles. The molecule has 0 aliphatic heterocycles. The first-order valence-corrected chi connectivity index (χ1v) is 7.47. The van der Waals surface area contributed by atoms with Crippen molar-refractivity contribution >= 4 is 17.6 Å². The number of esters is 2. The fraction of sp³-hybridized carbons (Fsp3) is 0.235. The molecule has 26 heavy (non-hydrogen) atoms. The number of carbonyl (C=O) groups is 2. The van der Waals surface area contributed by atoms with Crippen LogP contribution in [0.3, 0.4) is 0 Å². The molecule has 2 rings (SSSR count). The van der Waals surface area contributed by atoms with Crippen LogP contribution >= 0.6 is 0 Å². The number of ether oxygens (including phenoxy) is 3. The van der Waals surface area contributed by atoms with E-state index in [0.29, 0.717) is 0 Å². The van der Waals surface area contributed by atoms with E-state index in [1.807, 2.05) is 0 Å². The predicted octanol–water partition coefficient (Wildman–Crippen LogP) is 1.78. The maximum Gasteiger partial charge on any atom is 0.354 e. The molecule has 8 nitrogen and oxygen atoms in total. The first-order chi connectivity index (χ1) is 12.4. The number of rotatable bonds is 7. The number of hydrogen-bond donors (Lipinski definition) is 1. The van der Waals surface area contributed by atoms with Gasteiger partial charge in [-0.3, -0.25) is 4.68 Å². The molecule has 0 aliphatic carbocycles. The van der Waals surface area contributed by atoms with Crippen molar-refractivity contribution in [1.29, 1.82) is 0 Å². The zero-order valence-electron chi connectivity index (χ0n) is 14.5. The fourth-order valence-electron chi connectivity index (χ4n) is 2.01. The van der Waals surface area contributed by atoms with E-state index < -0.39 is 17.8 Å². The number of carbonyl (C=O) groups excluding carboxylic acids is 2. The zero-order chi connectivity index (χ0) is 19.1. The van der Waals surface area contributed by atoms with E-state index in [0.717, 1.165) is 24.8 Å². The van der Waals surface area contributed by atoms with Gasteiger partial charge < -0.3 is 19.5 Å². The quantitative estimate of drug-likeness (QED) is 0.592. The molecule has 0 fully saturated rings. The van der Waals surface area contributed by atoms with E-state index in [4.69, 9.17) is 4.74 Å². The summed E-state index contributed by atoms with van der Waals surface area (Å²) >= 11 is 0. The molecule has 138 valence electrons. The first kappa shape index (κ1) is 19.0. The van der Waals surface area contributed by atoms with E-state index in [2.05, 4.69) is 19.9 Å². The van der Waals surface area contributed by atoms with Crippen molar-refractivity contribution in [3.05, 3.63) is 53.7 Å². The lowest BCUT2D eigenvalue weighted by Crippen LogP contribution is -2.16. The third kappa shape index (κ3) is 5.07. The van der Waals surface area contributed by atoms with Gasteiger partial charge in [0.05, 0.1) is 32.2 Å². The molecular weight excluding hydrogens is 345 g/mol. The summed E-state index contributed by atoms with van der Waals surface area (Å²) in [5, 5.41) is 6.68. The Hall–Kier alpha value is -3.36. The molecular formula is C17H18FN3O5. The van der Waals surface area contributed by atoms with Gasteiger partial charge in [-0.05, 0) is 12.1 Å². The van der Waals surface area contributed by atoms with Gasteiger partial charge in [-0.25, -0.2) is 14.0 Å². The number of methoxy groups -OCH3 is 2. The van der Waals surface area contributed by atoms with Crippen LogP contribution in [0.4, 0.5) is 10.1 Å². The average Bonchev–Trinajstić information content (AvgIpc) is 3.04. The van der Waals surface area contributed by atoms with Crippen LogP contribution in [0.5, 0.6) is 5.75 Å². The molecule has 2 aromatic rings. The van der Waals surface area contributed by atoms with Crippen molar-refractivity contribution in [2.24, 2.45) is 7.05 Å². The van der Waals surface area contributed by atoms with Crippen LogP contribution in [0.2, 0.25) is 0 Å². The second-order valence-corrected chi connectivity index (χ2v) is 5.15. The molecule has 0 spiro atoms. The average molecular weight is 363 g/mol. The highest BCUT2D eigenvalue weighted by Gasteiger charge is 2.16. The minimum atomic E-state index is -0.821. The van der Waals surface area contributed by atoms with Crippen LogP contribution < -0.4 is 10.1 Å². The molecule has 0 aliphatic rings. The maximum absolute atomic E-state index is 13.6. The Bertz CT molecular complexity index is 832. The van der Waals surface area contributed by atoms with E-state index in [1.54, 1.807) is 24.1 Å². The Labute approximate surface area is 149 Å². The maximum atomic E-state index is 13.6. The minimum Gasteiger partial charge on any atom is -0.487 e. The molecule has 0 saturated heterocycles. The largest absolute Gasteiger partial charge is 0.487 e. The standard InChI is InChI=1S/C17H18FN3O5/c1-21-9-11(8-19-21)10-26-15-5-4-12(18)6-13(15)20-14(17(23)25-3)7-16(22)24-2/h4-9,20H,10H2,1-3H3/b14-7+. The summed E-state index contributed by atoms with van der Waals surface area (Å²) in [5.41, 5.74) is 0.728. The number of anilines is 1. The van der Waals surface area contributed by atoms with Gasteiger partial charge in [0.1, 0.15) is 23.9 Å². The summed E-state index contributed by atoms with van der Waals surface area (Å²) < 4.78 is 30.0. The van der Waals surface area contributed by atoms with Crippen molar-refractivity contribution in [2.75, 3.05) is 19.5 Å². The van der Waals surface area contributed by atoms with Crippen LogP contribution in [0, 0.1) is 5.82 Å². The molecule has 1 heterocycles. The summed E-state index contributed by atoms with van der Waals surface area (Å²) in [6.45, 7) is 0.183. The third-order valence-corrected chi connectivity index (χ3v) is 3.23. The summed E-state index contributed by atoms with van der Waals surface area (Å²) in [6, 6.07) is 3.75. The molecule has 1 aromatic heterocycles. The lowest BCUT2D eigenvalue weighted by molar-refractivity contribution is -0.138. The van der Waals surface area contributed by atoms with Crippen LogP contribution in [0.25, 0.3) is 0 Å². The van der Waals surface area contributed by atoms with Crippen molar-refractivity contribution in [1.82, 2.24) is 9.78 Å². The number of benzene rings is 1. The van der Waals surface area contributed by atoms with E-state index >= 15 is 0 Å². The van der Waals surface area contributed by atoms with Gasteiger partial charge in [0.15, 0.2) is 0 Å². The Balaban J connectivity index is 2.25. The number of hydrogen-bond acceptors (Lipinski definition) is 7. The smallest absolute Gasteiger partial charge is 0.354 e. The molecule has 0 radical (unpaired) electrons. The van der Waals surface area contributed by atoms with Crippen molar-refractivity contribution in [3.8, 4) is 5.75 Å². The van der Waals surface area contributed by atoms with E-state index in [9.17, 15) is 14.0 Å². The molecule has 0 bridgehead atoms. The molecule has 0 unspecified atom stereocenters. The molecule has 9 heteroatoms. The molecule has 0 atom stereocenters. The Morgan fingerprint density at radius 3 is 2.69 bits per heavy atom. The molecule has 0 amide bonds. The van der Waals surface area contributed by atoms with Gasteiger partial charge >= 0.3 is 11.9 Å². The van der Waals surface area contributed by atoms with Gasteiger partial charge in [0, 0.05) is 24.9 Å². The van der Waals surface area contributed by atoms with Gasteiger partial charge in [-0.15, -0.1) is 0 Å². The number of nitrogens with one attached hydrogen (secondary N) is 1. The van der Waals surface area contributed by atoms with Crippen LogP contribution in [-0.2, 0) is 32.7 Å².